The van der Waals surface area contributed by atoms with E-state index < -0.39 is 50.5 Å². The van der Waals surface area contributed by atoms with E-state index in [1.807, 2.05) is 73.6 Å². The van der Waals surface area contributed by atoms with Crippen LogP contribution in [0.25, 0.3) is 0 Å². The van der Waals surface area contributed by atoms with Crippen molar-refractivity contribution in [2.24, 2.45) is 33.5 Å². The summed E-state index contributed by atoms with van der Waals surface area (Å²) in [7, 11) is 0. The first kappa shape index (κ1) is 26.9. The van der Waals surface area contributed by atoms with Crippen molar-refractivity contribution in [1.82, 2.24) is 0 Å². The highest BCUT2D eigenvalue weighted by molar-refractivity contribution is 6.42. The number of carbonyl (C=O) groups excluding carboxylic acids is 4. The summed E-state index contributed by atoms with van der Waals surface area (Å²) in [5.41, 5.74) is -3.94. The summed E-state index contributed by atoms with van der Waals surface area (Å²) in [6.07, 6.45) is 4.34. The molecule has 0 N–H and O–H groups in total. The van der Waals surface area contributed by atoms with Crippen LogP contribution in [0.3, 0.4) is 0 Å². The second-order valence-electron chi connectivity index (χ2n) is 13.7. The average molecular weight is 517 g/mol. The summed E-state index contributed by atoms with van der Waals surface area (Å²) in [5.74, 6) is -2.37. The lowest BCUT2D eigenvalue weighted by atomic mass is 9.26. The lowest BCUT2D eigenvalue weighted by Gasteiger charge is -2.71. The lowest BCUT2D eigenvalue weighted by molar-refractivity contribution is -0.215. The molecule has 4 bridgehead atoms. The fourth-order valence-corrected chi connectivity index (χ4v) is 8.24. The number of allylic oxidation sites excluding steroid dienone is 4. The van der Waals surface area contributed by atoms with Crippen LogP contribution in [0.2, 0.25) is 0 Å². The Bertz CT molecular complexity index is 1310. The number of ketones is 4. The van der Waals surface area contributed by atoms with Crippen LogP contribution in [-0.4, -0.2) is 34.8 Å². The summed E-state index contributed by atoms with van der Waals surface area (Å²) < 4.78 is 6.18. The summed E-state index contributed by atoms with van der Waals surface area (Å²) in [5, 5.41) is 0. The van der Waals surface area contributed by atoms with Crippen LogP contribution in [0.5, 0.6) is 0 Å². The predicted molar refractivity (Wildman–Crippen MR) is 146 cm³/mol. The van der Waals surface area contributed by atoms with Gasteiger partial charge in [0.05, 0.1) is 22.5 Å². The van der Waals surface area contributed by atoms with Gasteiger partial charge in [0.1, 0.15) is 0 Å². The van der Waals surface area contributed by atoms with Gasteiger partial charge in [0, 0.05) is 11.5 Å². The lowest BCUT2D eigenvalue weighted by Crippen LogP contribution is -2.84. The maximum absolute atomic E-state index is 15.2. The molecule has 0 unspecified atom stereocenters. The molecule has 5 nitrogen and oxygen atoms in total. The normalized spacial score (nSPS) is 37.7. The summed E-state index contributed by atoms with van der Waals surface area (Å²) in [6, 6.07) is 8.67. The topological polar surface area (TPSA) is 80.8 Å². The molecule has 1 saturated heterocycles. The molecule has 202 valence electrons. The molecule has 5 aliphatic rings. The van der Waals surface area contributed by atoms with Gasteiger partial charge in [-0.25, -0.2) is 0 Å². The van der Waals surface area contributed by atoms with Crippen molar-refractivity contribution in [1.29, 1.82) is 0 Å². The van der Waals surface area contributed by atoms with Crippen LogP contribution in [0.4, 0.5) is 0 Å². The Morgan fingerprint density at radius 1 is 0.868 bits per heavy atom. The van der Waals surface area contributed by atoms with E-state index in [0.717, 1.165) is 11.1 Å². The van der Waals surface area contributed by atoms with Crippen LogP contribution in [0.15, 0.2) is 53.6 Å². The van der Waals surface area contributed by atoms with Gasteiger partial charge in [0.2, 0.25) is 0 Å². The number of benzene rings is 1. The van der Waals surface area contributed by atoms with E-state index in [4.69, 9.17) is 4.74 Å². The van der Waals surface area contributed by atoms with E-state index in [1.165, 1.54) is 0 Å². The zero-order valence-corrected chi connectivity index (χ0v) is 23.9. The van der Waals surface area contributed by atoms with Gasteiger partial charge < -0.3 is 4.74 Å². The SMILES string of the molecule is CC(C)=CC[C@]12C[C@@H]3[C@H]([C@@H]4OC4(C)C)[C@](CC=C(C)C)(C1=O)C(=O)[C@](C(=O)c1ccccc1)(C2=O)C3(C)C. The van der Waals surface area contributed by atoms with Crippen molar-refractivity contribution < 1.29 is 23.9 Å². The number of carbonyl (C=O) groups is 4. The number of Topliss-reactive ketones (excluding diaryl/α,β-unsaturated/α-hetero) is 4. The van der Waals surface area contributed by atoms with E-state index >= 15 is 4.79 Å². The van der Waals surface area contributed by atoms with Crippen molar-refractivity contribution in [2.75, 3.05) is 0 Å². The number of ether oxygens (including phenoxy) is 1. The quantitative estimate of drug-likeness (QED) is 0.189. The van der Waals surface area contributed by atoms with Gasteiger partial charge in [0.25, 0.3) is 0 Å². The minimum Gasteiger partial charge on any atom is -0.366 e. The van der Waals surface area contributed by atoms with Crippen LogP contribution < -0.4 is 0 Å². The van der Waals surface area contributed by atoms with Gasteiger partial charge in [-0.15, -0.1) is 0 Å². The fourth-order valence-electron chi connectivity index (χ4n) is 8.24. The van der Waals surface area contributed by atoms with E-state index in [-0.39, 0.29) is 30.6 Å². The highest BCUT2D eigenvalue weighted by atomic mass is 16.6. The van der Waals surface area contributed by atoms with Crippen molar-refractivity contribution in [3.63, 3.8) is 0 Å². The third-order valence-electron chi connectivity index (χ3n) is 10.3. The van der Waals surface area contributed by atoms with Crippen LogP contribution in [0.1, 0.15) is 85.0 Å². The second kappa shape index (κ2) is 8.17. The molecule has 1 aromatic carbocycles. The Balaban J connectivity index is 1.86. The third kappa shape index (κ3) is 3.08. The monoisotopic (exact) mass is 516 g/mol. The first-order valence-corrected chi connectivity index (χ1v) is 13.8. The van der Waals surface area contributed by atoms with E-state index in [1.54, 1.807) is 24.3 Å². The molecule has 38 heavy (non-hydrogen) atoms. The average Bonchev–Trinajstić information content (AvgIpc) is 3.48. The maximum atomic E-state index is 15.2. The molecule has 4 saturated carbocycles. The first-order chi connectivity index (χ1) is 17.6. The van der Waals surface area contributed by atoms with E-state index in [2.05, 4.69) is 0 Å². The molecule has 0 aromatic heterocycles. The summed E-state index contributed by atoms with van der Waals surface area (Å²) in [6.45, 7) is 15.6. The van der Waals surface area contributed by atoms with Gasteiger partial charge >= 0.3 is 0 Å². The standard InChI is InChI=1S/C33H40O5/c1-19(2)14-16-31-18-22-23(25-30(7,8)38-25)32(26(31)35,17-15-20(3)4)28(37)33(27(31)36,29(22,5)6)24(34)21-12-10-9-11-13-21/h9-15,22-23,25H,16-18H2,1-8H3/t22-,23-,25+,31+,32-,33+/m1/s1. The Morgan fingerprint density at radius 3 is 1.95 bits per heavy atom. The highest BCUT2D eigenvalue weighted by Crippen LogP contribution is 2.77. The number of hydrogen-bond donors (Lipinski definition) is 0. The van der Waals surface area contributed by atoms with Crippen molar-refractivity contribution in [3.8, 4) is 0 Å². The molecule has 1 aliphatic heterocycles. The van der Waals surface area contributed by atoms with Crippen LogP contribution >= 0.6 is 0 Å². The Morgan fingerprint density at radius 2 is 1.42 bits per heavy atom. The van der Waals surface area contributed by atoms with E-state index in [0.29, 0.717) is 12.0 Å². The smallest absolute Gasteiger partial charge is 0.184 e. The molecule has 6 rings (SSSR count). The van der Waals surface area contributed by atoms with Gasteiger partial charge in [-0.05, 0) is 72.1 Å². The molecule has 0 radical (unpaired) electrons. The molecule has 0 amide bonds. The minimum atomic E-state index is -1.92. The molecule has 4 aliphatic carbocycles. The molecule has 5 heteroatoms. The second-order valence-corrected chi connectivity index (χ2v) is 13.7. The summed E-state index contributed by atoms with van der Waals surface area (Å²) in [4.78, 5) is 59.5. The molecule has 0 spiro atoms. The van der Waals surface area contributed by atoms with Crippen molar-refractivity contribution >= 4 is 23.1 Å². The molecule has 6 atom stereocenters. The number of hydrogen-bond acceptors (Lipinski definition) is 5. The zero-order chi connectivity index (χ0) is 28.1. The Kier molecular flexibility index (Phi) is 5.79. The maximum Gasteiger partial charge on any atom is 0.184 e. The molecule has 5 fully saturated rings. The Hall–Kier alpha value is -2.66. The van der Waals surface area contributed by atoms with Gasteiger partial charge in [-0.2, -0.15) is 0 Å². The van der Waals surface area contributed by atoms with Crippen molar-refractivity contribution in [3.05, 3.63) is 59.2 Å². The number of epoxide rings is 1. The van der Waals surface area contributed by atoms with Crippen molar-refractivity contribution in [2.45, 2.75) is 86.4 Å². The molecule has 1 aromatic rings. The van der Waals surface area contributed by atoms with Gasteiger partial charge in [-0.1, -0.05) is 67.5 Å². The zero-order valence-electron chi connectivity index (χ0n) is 23.9. The minimum absolute atomic E-state index is 0.188. The van der Waals surface area contributed by atoms with E-state index in [9.17, 15) is 14.4 Å². The van der Waals surface area contributed by atoms with Crippen LogP contribution in [-0.2, 0) is 19.1 Å². The Labute approximate surface area is 226 Å². The number of rotatable bonds is 7. The van der Waals surface area contributed by atoms with Crippen LogP contribution in [0, 0.1) is 33.5 Å². The summed E-state index contributed by atoms with van der Waals surface area (Å²) >= 11 is 0. The first-order valence-electron chi connectivity index (χ1n) is 13.8. The highest BCUT2D eigenvalue weighted by Gasteiger charge is 2.88. The molecule has 1 heterocycles. The molecular weight excluding hydrogens is 476 g/mol. The van der Waals surface area contributed by atoms with Gasteiger partial charge in [0.15, 0.2) is 28.5 Å². The fraction of sp³-hybridized carbons (Fsp3) is 0.576. The molecular formula is C33H40O5. The third-order valence-corrected chi connectivity index (χ3v) is 10.3. The van der Waals surface area contributed by atoms with Gasteiger partial charge in [-0.3, -0.25) is 19.2 Å². The predicted octanol–water partition coefficient (Wildman–Crippen LogP) is 6.12. The largest absolute Gasteiger partial charge is 0.366 e.